The Hall–Kier alpha value is -0.0700. The zero-order valence-electron chi connectivity index (χ0n) is 5.52. The van der Waals surface area contributed by atoms with Crippen molar-refractivity contribution in [2.75, 3.05) is 0 Å². The van der Waals surface area contributed by atoms with Gasteiger partial charge in [-0.15, -0.1) is 0 Å². The molecule has 1 rings (SSSR count). The van der Waals surface area contributed by atoms with Crippen LogP contribution in [0.1, 0.15) is 26.7 Å². The van der Waals surface area contributed by atoms with Gasteiger partial charge in [-0.2, -0.15) is 0 Å². The number of hydrogen-bond acceptors (Lipinski definition) is 0. The highest BCUT2D eigenvalue weighted by molar-refractivity contribution is 4.78. The maximum absolute atomic E-state index is 12.6. The summed E-state index contributed by atoms with van der Waals surface area (Å²) in [6.45, 7) is 4.13. The first-order valence-electron chi connectivity index (χ1n) is 3.36. The first-order chi connectivity index (χ1) is 3.72. The Balaban J connectivity index is 2.44. The number of rotatable bonds is 0. The summed E-state index contributed by atoms with van der Waals surface area (Å²) < 4.78 is 12.6. The highest BCUT2D eigenvalue weighted by atomic mass is 19.1. The summed E-state index contributed by atoms with van der Waals surface area (Å²) in [5.41, 5.74) is 0. The summed E-state index contributed by atoms with van der Waals surface area (Å²) in [5.74, 6) is 0.931. The summed E-state index contributed by atoms with van der Waals surface area (Å²) >= 11 is 0. The zero-order valence-corrected chi connectivity index (χ0v) is 5.52. The van der Waals surface area contributed by atoms with Gasteiger partial charge >= 0.3 is 0 Å². The van der Waals surface area contributed by atoms with E-state index in [4.69, 9.17) is 0 Å². The molecule has 0 saturated heterocycles. The molecule has 0 aromatic rings. The molecule has 0 N–H and O–H groups in total. The van der Waals surface area contributed by atoms with E-state index in [9.17, 15) is 4.39 Å². The van der Waals surface area contributed by atoms with Gasteiger partial charge in [0.15, 0.2) is 0 Å². The third-order valence-electron chi connectivity index (χ3n) is 2.37. The minimum atomic E-state index is -0.509. The van der Waals surface area contributed by atoms with Crippen LogP contribution in [0, 0.1) is 11.8 Å². The molecule has 0 bridgehead atoms. The third kappa shape index (κ3) is 0.862. The average Bonchev–Trinajstić information content (AvgIpc) is 1.98. The van der Waals surface area contributed by atoms with Gasteiger partial charge in [0, 0.05) is 0 Å². The van der Waals surface area contributed by atoms with E-state index in [0.29, 0.717) is 11.8 Å². The Morgan fingerprint density at radius 1 is 1.25 bits per heavy atom. The van der Waals surface area contributed by atoms with Crippen LogP contribution in [0.3, 0.4) is 0 Å². The molecule has 48 valence electrons. The van der Waals surface area contributed by atoms with E-state index in [1.165, 1.54) is 0 Å². The fraction of sp³-hybridized carbons (Fsp3) is 1.00. The Morgan fingerprint density at radius 2 is 1.88 bits per heavy atom. The molecule has 1 saturated carbocycles. The van der Waals surface area contributed by atoms with E-state index in [-0.39, 0.29) is 0 Å². The molecule has 8 heavy (non-hydrogen) atoms. The highest BCUT2D eigenvalue weighted by Crippen LogP contribution is 2.32. The van der Waals surface area contributed by atoms with Crippen molar-refractivity contribution in [2.45, 2.75) is 32.9 Å². The van der Waals surface area contributed by atoms with Gasteiger partial charge in [0.2, 0.25) is 0 Å². The lowest BCUT2D eigenvalue weighted by molar-refractivity contribution is 0.254. The van der Waals surface area contributed by atoms with E-state index >= 15 is 0 Å². The fourth-order valence-electron chi connectivity index (χ4n) is 1.30. The minimum Gasteiger partial charge on any atom is -0.247 e. The zero-order chi connectivity index (χ0) is 6.15. The average molecular weight is 116 g/mol. The molecule has 1 heteroatoms. The molecule has 0 heterocycles. The van der Waals surface area contributed by atoms with Gasteiger partial charge in [0.05, 0.1) is 0 Å². The largest absolute Gasteiger partial charge is 0.247 e. The topological polar surface area (TPSA) is 0 Å². The van der Waals surface area contributed by atoms with Crippen LogP contribution in [0.4, 0.5) is 4.39 Å². The van der Waals surface area contributed by atoms with Crippen LogP contribution in [-0.2, 0) is 0 Å². The minimum absolute atomic E-state index is 0.315. The molecule has 0 aliphatic heterocycles. The second-order valence-electron chi connectivity index (χ2n) is 2.93. The fourth-order valence-corrected chi connectivity index (χ4v) is 1.30. The number of hydrogen-bond donors (Lipinski definition) is 0. The van der Waals surface area contributed by atoms with Crippen molar-refractivity contribution in [3.8, 4) is 0 Å². The lowest BCUT2D eigenvalue weighted by atomic mass is 10.0. The van der Waals surface area contributed by atoms with Gasteiger partial charge in [-0.25, -0.2) is 4.39 Å². The van der Waals surface area contributed by atoms with Crippen molar-refractivity contribution in [2.24, 2.45) is 11.8 Å². The summed E-state index contributed by atoms with van der Waals surface area (Å²) in [5, 5.41) is 0. The lowest BCUT2D eigenvalue weighted by Gasteiger charge is -2.08. The van der Waals surface area contributed by atoms with Crippen LogP contribution < -0.4 is 0 Å². The van der Waals surface area contributed by atoms with Crippen LogP contribution in [0.25, 0.3) is 0 Å². The van der Waals surface area contributed by atoms with Crippen LogP contribution in [0.15, 0.2) is 0 Å². The van der Waals surface area contributed by atoms with Gasteiger partial charge in [-0.1, -0.05) is 13.8 Å². The van der Waals surface area contributed by atoms with E-state index in [1.54, 1.807) is 0 Å². The molecule has 0 aromatic heterocycles. The van der Waals surface area contributed by atoms with Gasteiger partial charge in [0.25, 0.3) is 0 Å². The molecule has 1 aliphatic rings. The Bertz CT molecular complexity index is 70.5. The molecule has 0 nitrogen and oxygen atoms in total. The van der Waals surface area contributed by atoms with E-state index in [1.807, 2.05) is 6.92 Å². The molecule has 1 aliphatic carbocycles. The first kappa shape index (κ1) is 6.06. The van der Waals surface area contributed by atoms with Crippen molar-refractivity contribution < 1.29 is 4.39 Å². The quantitative estimate of drug-likeness (QED) is 0.456. The summed E-state index contributed by atoms with van der Waals surface area (Å²) in [4.78, 5) is 0. The van der Waals surface area contributed by atoms with Crippen molar-refractivity contribution in [1.82, 2.24) is 0 Å². The van der Waals surface area contributed by atoms with Gasteiger partial charge in [0.1, 0.15) is 6.17 Å². The van der Waals surface area contributed by atoms with Crippen LogP contribution in [0.2, 0.25) is 0 Å². The SMILES string of the molecule is CC1CC[C@@H](F)C1C. The predicted octanol–water partition coefficient (Wildman–Crippen LogP) is 2.39. The maximum atomic E-state index is 12.6. The standard InChI is InChI=1S/C7H13F/c1-5-3-4-7(8)6(5)2/h5-7H,3-4H2,1-2H3/t5?,6?,7-/m1/s1. The molecule has 2 unspecified atom stereocenters. The van der Waals surface area contributed by atoms with Crippen LogP contribution in [0.5, 0.6) is 0 Å². The second kappa shape index (κ2) is 2.04. The normalized spacial score (nSPS) is 47.6. The molecule has 3 atom stereocenters. The summed E-state index contributed by atoms with van der Waals surface area (Å²) in [6.07, 6.45) is 1.37. The maximum Gasteiger partial charge on any atom is 0.103 e. The van der Waals surface area contributed by atoms with Crippen molar-refractivity contribution in [1.29, 1.82) is 0 Å². The highest BCUT2D eigenvalue weighted by Gasteiger charge is 2.28. The molecular weight excluding hydrogens is 103 g/mol. The van der Waals surface area contributed by atoms with Crippen LogP contribution >= 0.6 is 0 Å². The van der Waals surface area contributed by atoms with Gasteiger partial charge in [-0.05, 0) is 24.7 Å². The third-order valence-corrected chi connectivity index (χ3v) is 2.37. The number of halogens is 1. The smallest absolute Gasteiger partial charge is 0.103 e. The van der Waals surface area contributed by atoms with E-state index in [0.717, 1.165) is 12.8 Å². The van der Waals surface area contributed by atoms with Crippen molar-refractivity contribution in [3.63, 3.8) is 0 Å². The molecule has 1 fully saturated rings. The molecular formula is C7H13F. The Labute approximate surface area is 50.1 Å². The summed E-state index contributed by atoms with van der Waals surface area (Å²) in [6, 6.07) is 0. The lowest BCUT2D eigenvalue weighted by Crippen LogP contribution is -2.08. The first-order valence-corrected chi connectivity index (χ1v) is 3.36. The Kier molecular flexibility index (Phi) is 1.54. The van der Waals surface area contributed by atoms with Gasteiger partial charge in [-0.3, -0.25) is 0 Å². The number of alkyl halides is 1. The van der Waals surface area contributed by atoms with Crippen LogP contribution in [-0.4, -0.2) is 6.17 Å². The second-order valence-corrected chi connectivity index (χ2v) is 2.93. The molecule has 0 spiro atoms. The monoisotopic (exact) mass is 116 g/mol. The molecule has 0 aromatic carbocycles. The predicted molar refractivity (Wildman–Crippen MR) is 32.5 cm³/mol. The van der Waals surface area contributed by atoms with Crippen molar-refractivity contribution >= 4 is 0 Å². The van der Waals surface area contributed by atoms with E-state index < -0.39 is 6.17 Å². The van der Waals surface area contributed by atoms with Crippen molar-refractivity contribution in [3.05, 3.63) is 0 Å². The Morgan fingerprint density at radius 3 is 2.00 bits per heavy atom. The van der Waals surface area contributed by atoms with E-state index in [2.05, 4.69) is 6.92 Å². The summed E-state index contributed by atoms with van der Waals surface area (Å²) in [7, 11) is 0. The molecule has 0 amide bonds. The molecule has 0 radical (unpaired) electrons. The van der Waals surface area contributed by atoms with Gasteiger partial charge < -0.3 is 0 Å².